The van der Waals surface area contributed by atoms with E-state index in [9.17, 15) is 5.11 Å². The van der Waals surface area contributed by atoms with Gasteiger partial charge in [0.05, 0.1) is 18.3 Å². The zero-order valence-electron chi connectivity index (χ0n) is 8.40. The number of thiophene rings is 1. The van der Waals surface area contributed by atoms with Crippen molar-refractivity contribution in [1.82, 2.24) is 0 Å². The molecule has 1 fully saturated rings. The third kappa shape index (κ3) is 1.85. The summed E-state index contributed by atoms with van der Waals surface area (Å²) in [7, 11) is 0. The summed E-state index contributed by atoms with van der Waals surface area (Å²) < 4.78 is 5.56. The van der Waals surface area contributed by atoms with Crippen molar-refractivity contribution in [3.63, 3.8) is 0 Å². The summed E-state index contributed by atoms with van der Waals surface area (Å²) in [6, 6.07) is 2.02. The van der Waals surface area contributed by atoms with Gasteiger partial charge in [-0.3, -0.25) is 0 Å². The fourth-order valence-electron chi connectivity index (χ4n) is 1.99. The van der Waals surface area contributed by atoms with Crippen LogP contribution in [0.1, 0.15) is 31.7 Å². The fourth-order valence-corrected chi connectivity index (χ4v) is 2.73. The molecule has 0 spiro atoms. The first-order chi connectivity index (χ1) is 6.74. The van der Waals surface area contributed by atoms with Crippen LogP contribution in [0.4, 0.5) is 0 Å². The minimum Gasteiger partial charge on any atom is -0.385 e. The van der Waals surface area contributed by atoms with Crippen LogP contribution in [-0.2, 0) is 10.3 Å². The molecule has 14 heavy (non-hydrogen) atoms. The van der Waals surface area contributed by atoms with Crippen molar-refractivity contribution in [2.45, 2.75) is 37.9 Å². The van der Waals surface area contributed by atoms with Crippen LogP contribution in [0, 0.1) is 0 Å². The third-order valence-corrected chi connectivity index (χ3v) is 3.63. The molecule has 2 rings (SSSR count). The van der Waals surface area contributed by atoms with E-state index >= 15 is 0 Å². The van der Waals surface area contributed by atoms with Gasteiger partial charge in [-0.1, -0.05) is 6.92 Å². The Morgan fingerprint density at radius 1 is 1.71 bits per heavy atom. The molecule has 0 bridgehead atoms. The van der Waals surface area contributed by atoms with E-state index in [0.29, 0.717) is 6.61 Å². The number of ether oxygens (including phenoxy) is 1. The Morgan fingerprint density at radius 2 is 2.57 bits per heavy atom. The average Bonchev–Trinajstić information content (AvgIpc) is 2.71. The number of aliphatic hydroxyl groups is 1. The molecule has 0 amide bonds. The van der Waals surface area contributed by atoms with Gasteiger partial charge in [-0.05, 0) is 28.8 Å². The molecule has 3 heteroatoms. The quantitative estimate of drug-likeness (QED) is 0.816. The molecule has 2 unspecified atom stereocenters. The highest BCUT2D eigenvalue weighted by Gasteiger charge is 2.36. The smallest absolute Gasteiger partial charge is 0.0951 e. The third-order valence-electron chi connectivity index (χ3n) is 2.95. The maximum Gasteiger partial charge on any atom is 0.0951 e. The normalized spacial score (nSPS) is 33.1. The SMILES string of the molecule is CCC1CC(O)(c2ccsc2)CCO1. The number of hydrogen-bond acceptors (Lipinski definition) is 3. The van der Waals surface area contributed by atoms with E-state index in [0.717, 1.165) is 24.8 Å². The van der Waals surface area contributed by atoms with Crippen LogP contribution in [-0.4, -0.2) is 17.8 Å². The second-order valence-corrected chi connectivity index (χ2v) is 4.68. The molecule has 1 aliphatic heterocycles. The van der Waals surface area contributed by atoms with Gasteiger partial charge in [0, 0.05) is 12.8 Å². The largest absolute Gasteiger partial charge is 0.385 e. The second-order valence-electron chi connectivity index (χ2n) is 3.90. The molecular formula is C11H16O2S. The van der Waals surface area contributed by atoms with E-state index in [2.05, 4.69) is 6.92 Å². The highest BCUT2D eigenvalue weighted by Crippen LogP contribution is 2.36. The Morgan fingerprint density at radius 3 is 3.21 bits per heavy atom. The lowest BCUT2D eigenvalue weighted by Gasteiger charge is -2.36. The van der Waals surface area contributed by atoms with Crippen LogP contribution in [0.15, 0.2) is 16.8 Å². The topological polar surface area (TPSA) is 29.5 Å². The maximum atomic E-state index is 10.5. The Balaban J connectivity index is 2.15. The Kier molecular flexibility index (Phi) is 2.91. The molecule has 78 valence electrons. The van der Waals surface area contributed by atoms with Gasteiger partial charge in [-0.15, -0.1) is 0 Å². The molecule has 2 nitrogen and oxygen atoms in total. The van der Waals surface area contributed by atoms with Crippen LogP contribution in [0.25, 0.3) is 0 Å². The zero-order valence-corrected chi connectivity index (χ0v) is 9.22. The minimum absolute atomic E-state index is 0.216. The summed E-state index contributed by atoms with van der Waals surface area (Å²) in [4.78, 5) is 0. The summed E-state index contributed by atoms with van der Waals surface area (Å²) in [5.41, 5.74) is 0.420. The van der Waals surface area contributed by atoms with E-state index in [1.54, 1.807) is 11.3 Å². The first kappa shape index (κ1) is 10.1. The molecule has 1 saturated heterocycles. The summed E-state index contributed by atoms with van der Waals surface area (Å²) in [5.74, 6) is 0. The van der Waals surface area contributed by atoms with E-state index in [4.69, 9.17) is 4.74 Å². The molecule has 1 aromatic heterocycles. The van der Waals surface area contributed by atoms with Gasteiger partial charge < -0.3 is 9.84 Å². The van der Waals surface area contributed by atoms with Crippen molar-refractivity contribution < 1.29 is 9.84 Å². The molecule has 1 aromatic rings. The Hall–Kier alpha value is -0.380. The lowest BCUT2D eigenvalue weighted by molar-refractivity contribution is -0.108. The van der Waals surface area contributed by atoms with E-state index in [-0.39, 0.29) is 6.10 Å². The van der Waals surface area contributed by atoms with Crippen molar-refractivity contribution in [2.75, 3.05) is 6.61 Å². The summed E-state index contributed by atoms with van der Waals surface area (Å²) in [5, 5.41) is 14.5. The lowest BCUT2D eigenvalue weighted by atomic mass is 9.85. The van der Waals surface area contributed by atoms with Gasteiger partial charge in [-0.25, -0.2) is 0 Å². The molecule has 2 atom stereocenters. The fraction of sp³-hybridized carbons (Fsp3) is 0.636. The monoisotopic (exact) mass is 212 g/mol. The summed E-state index contributed by atoms with van der Waals surface area (Å²) in [6.45, 7) is 2.77. The van der Waals surface area contributed by atoms with Gasteiger partial charge in [-0.2, -0.15) is 11.3 Å². The summed E-state index contributed by atoms with van der Waals surface area (Å²) in [6.07, 6.45) is 2.65. The first-order valence-electron chi connectivity index (χ1n) is 5.11. The maximum absolute atomic E-state index is 10.5. The van der Waals surface area contributed by atoms with Crippen molar-refractivity contribution in [2.24, 2.45) is 0 Å². The predicted molar refractivity (Wildman–Crippen MR) is 57.5 cm³/mol. The van der Waals surface area contributed by atoms with Crippen LogP contribution in [0.5, 0.6) is 0 Å². The molecule has 2 heterocycles. The Bertz CT molecular complexity index is 283. The van der Waals surface area contributed by atoms with E-state index in [1.165, 1.54) is 0 Å². The molecule has 1 aliphatic rings. The van der Waals surface area contributed by atoms with E-state index < -0.39 is 5.60 Å². The molecule has 0 aromatic carbocycles. The van der Waals surface area contributed by atoms with Gasteiger partial charge in [0.1, 0.15) is 0 Å². The summed E-state index contributed by atoms with van der Waals surface area (Å²) >= 11 is 1.64. The average molecular weight is 212 g/mol. The first-order valence-corrected chi connectivity index (χ1v) is 6.05. The Labute approximate surface area is 88.5 Å². The molecule has 0 aliphatic carbocycles. The highest BCUT2D eigenvalue weighted by molar-refractivity contribution is 7.08. The second kappa shape index (κ2) is 4.01. The van der Waals surface area contributed by atoms with Crippen molar-refractivity contribution >= 4 is 11.3 Å². The molecule has 0 radical (unpaired) electrons. The van der Waals surface area contributed by atoms with Crippen LogP contribution in [0.3, 0.4) is 0 Å². The van der Waals surface area contributed by atoms with Crippen molar-refractivity contribution in [3.05, 3.63) is 22.4 Å². The predicted octanol–water partition coefficient (Wildman–Crippen LogP) is 2.52. The molecule has 1 N–H and O–H groups in total. The van der Waals surface area contributed by atoms with Crippen molar-refractivity contribution in [1.29, 1.82) is 0 Å². The standard InChI is InChI=1S/C11H16O2S/c1-2-10-7-11(12,4-5-13-10)9-3-6-14-8-9/h3,6,8,10,12H,2,4-5,7H2,1H3. The number of hydrogen-bond donors (Lipinski definition) is 1. The highest BCUT2D eigenvalue weighted by atomic mass is 32.1. The molecular weight excluding hydrogens is 196 g/mol. The zero-order chi connectivity index (χ0) is 10.0. The van der Waals surface area contributed by atoms with Crippen molar-refractivity contribution in [3.8, 4) is 0 Å². The van der Waals surface area contributed by atoms with Crippen LogP contribution < -0.4 is 0 Å². The number of rotatable bonds is 2. The minimum atomic E-state index is -0.640. The molecule has 0 saturated carbocycles. The van der Waals surface area contributed by atoms with Gasteiger partial charge in [0.2, 0.25) is 0 Å². The van der Waals surface area contributed by atoms with Gasteiger partial charge >= 0.3 is 0 Å². The van der Waals surface area contributed by atoms with E-state index in [1.807, 2.05) is 16.8 Å². The van der Waals surface area contributed by atoms with Crippen LogP contribution in [0.2, 0.25) is 0 Å². The van der Waals surface area contributed by atoms with Gasteiger partial charge in [0.25, 0.3) is 0 Å². The lowest BCUT2D eigenvalue weighted by Crippen LogP contribution is -2.38. The van der Waals surface area contributed by atoms with Crippen LogP contribution >= 0.6 is 11.3 Å². The van der Waals surface area contributed by atoms with Gasteiger partial charge in [0.15, 0.2) is 0 Å².